The van der Waals surface area contributed by atoms with Crippen molar-refractivity contribution in [3.63, 3.8) is 0 Å². The number of rotatable bonds is 8. The molecule has 2 rings (SSSR count). The molecule has 8 heteroatoms. The maximum atomic E-state index is 12.6. The van der Waals surface area contributed by atoms with Gasteiger partial charge in [0.25, 0.3) is 0 Å². The highest BCUT2D eigenvalue weighted by molar-refractivity contribution is 5.80. The number of likely N-dealkylation sites (tertiary alicyclic amines) is 1. The Labute approximate surface area is 159 Å². The lowest BCUT2D eigenvalue weighted by Gasteiger charge is -2.34. The molecule has 1 aromatic carbocycles. The fraction of sp³-hybridized carbons (Fsp3) is 0.632. The predicted molar refractivity (Wildman–Crippen MR) is 101 cm³/mol. The minimum atomic E-state index is -2.90. The van der Waals surface area contributed by atoms with Gasteiger partial charge < -0.3 is 24.4 Å². The molecule has 0 saturated carbocycles. The smallest absolute Gasteiger partial charge is 0.387 e. The van der Waals surface area contributed by atoms with E-state index in [0.717, 1.165) is 50.6 Å². The number of methoxy groups -OCH3 is 1. The van der Waals surface area contributed by atoms with Crippen LogP contribution in [-0.4, -0.2) is 56.9 Å². The van der Waals surface area contributed by atoms with E-state index in [1.165, 1.54) is 7.11 Å². The summed E-state index contributed by atoms with van der Waals surface area (Å²) < 4.78 is 40.5. The van der Waals surface area contributed by atoms with Crippen LogP contribution in [0, 0.1) is 0 Å². The largest absolute Gasteiger partial charge is 0.493 e. The molecule has 0 bridgehead atoms. The predicted octanol–water partition coefficient (Wildman–Crippen LogP) is 3.26. The maximum Gasteiger partial charge on any atom is 0.387 e. The van der Waals surface area contributed by atoms with Gasteiger partial charge in [-0.15, -0.1) is 0 Å². The second-order valence-corrected chi connectivity index (χ2v) is 6.18. The zero-order chi connectivity index (χ0) is 19.6. The van der Waals surface area contributed by atoms with E-state index in [4.69, 9.17) is 9.47 Å². The number of piperidine rings is 1. The van der Waals surface area contributed by atoms with Crippen molar-refractivity contribution in [3.8, 4) is 11.5 Å². The first-order chi connectivity index (χ1) is 13.1. The summed E-state index contributed by atoms with van der Waals surface area (Å²) >= 11 is 0. The average molecular weight is 385 g/mol. The number of hydrogen-bond acceptors (Lipinski definition) is 4. The summed E-state index contributed by atoms with van der Waals surface area (Å²) in [4.78, 5) is 6.87. The topological polar surface area (TPSA) is 55.3 Å². The standard InChI is InChI=1S/C19H29F2N3O3/c1-4-22-19(24-10-8-15(9-11-24)26-5-2)23-13-14-6-7-16(25-3)17(12-14)27-18(20)21/h6-7,12,15,18H,4-5,8-11,13H2,1-3H3,(H,22,23). The van der Waals surface area contributed by atoms with Crippen LogP contribution in [0.25, 0.3) is 0 Å². The number of halogens is 2. The molecule has 1 saturated heterocycles. The molecule has 1 aliphatic heterocycles. The summed E-state index contributed by atoms with van der Waals surface area (Å²) in [5, 5.41) is 3.30. The molecule has 0 unspecified atom stereocenters. The van der Waals surface area contributed by atoms with Crippen LogP contribution in [-0.2, 0) is 11.3 Å². The number of guanidine groups is 1. The van der Waals surface area contributed by atoms with Crippen molar-refractivity contribution >= 4 is 5.96 Å². The van der Waals surface area contributed by atoms with Gasteiger partial charge >= 0.3 is 6.61 Å². The summed E-state index contributed by atoms with van der Waals surface area (Å²) in [7, 11) is 1.42. The first-order valence-electron chi connectivity index (χ1n) is 9.33. The minimum Gasteiger partial charge on any atom is -0.493 e. The second kappa shape index (κ2) is 10.9. The fourth-order valence-electron chi connectivity index (χ4n) is 3.07. The van der Waals surface area contributed by atoms with Crippen LogP contribution in [0.1, 0.15) is 32.3 Å². The van der Waals surface area contributed by atoms with Gasteiger partial charge in [-0.2, -0.15) is 8.78 Å². The Hall–Kier alpha value is -2.09. The Bertz CT molecular complexity index is 606. The monoisotopic (exact) mass is 385 g/mol. The minimum absolute atomic E-state index is 0.0164. The molecule has 6 nitrogen and oxygen atoms in total. The first kappa shape index (κ1) is 21.2. The van der Waals surface area contributed by atoms with Crippen LogP contribution in [0.5, 0.6) is 11.5 Å². The van der Waals surface area contributed by atoms with Crippen molar-refractivity contribution in [2.45, 2.75) is 45.9 Å². The number of nitrogens with zero attached hydrogens (tertiary/aromatic N) is 2. The SMILES string of the molecule is CCNC(=NCc1ccc(OC)c(OC(F)F)c1)N1CCC(OCC)CC1. The number of aliphatic imine (C=N–C) groups is 1. The molecule has 27 heavy (non-hydrogen) atoms. The molecule has 0 amide bonds. The Morgan fingerprint density at radius 3 is 2.59 bits per heavy atom. The van der Waals surface area contributed by atoms with Gasteiger partial charge in [-0.3, -0.25) is 0 Å². The molecule has 1 N–H and O–H groups in total. The molecule has 152 valence electrons. The van der Waals surface area contributed by atoms with E-state index < -0.39 is 6.61 Å². The lowest BCUT2D eigenvalue weighted by atomic mass is 10.1. The third-order valence-electron chi connectivity index (χ3n) is 4.33. The van der Waals surface area contributed by atoms with Crippen LogP contribution in [0.15, 0.2) is 23.2 Å². The summed E-state index contributed by atoms with van der Waals surface area (Å²) in [5.74, 6) is 1.11. The molecule has 0 radical (unpaired) electrons. The molecule has 0 aliphatic carbocycles. The molecule has 1 heterocycles. The quantitative estimate of drug-likeness (QED) is 0.550. The first-order valence-corrected chi connectivity index (χ1v) is 9.33. The third-order valence-corrected chi connectivity index (χ3v) is 4.33. The molecule has 0 atom stereocenters. The molecule has 1 aromatic rings. The van der Waals surface area contributed by atoms with Crippen LogP contribution in [0.3, 0.4) is 0 Å². The Balaban J connectivity index is 2.06. The summed E-state index contributed by atoms with van der Waals surface area (Å²) in [6.07, 6.45) is 2.24. The zero-order valence-electron chi connectivity index (χ0n) is 16.2. The van der Waals surface area contributed by atoms with Crippen molar-refractivity contribution in [2.24, 2.45) is 4.99 Å². The molecule has 1 aliphatic rings. The number of hydrogen-bond donors (Lipinski definition) is 1. The van der Waals surface area contributed by atoms with Crippen LogP contribution in [0.4, 0.5) is 8.78 Å². The van der Waals surface area contributed by atoms with Crippen LogP contribution < -0.4 is 14.8 Å². The Kier molecular flexibility index (Phi) is 8.57. The van der Waals surface area contributed by atoms with Crippen molar-refractivity contribution in [2.75, 3.05) is 33.4 Å². The van der Waals surface area contributed by atoms with E-state index in [9.17, 15) is 8.78 Å². The van der Waals surface area contributed by atoms with Gasteiger partial charge in [0.2, 0.25) is 0 Å². The lowest BCUT2D eigenvalue weighted by Crippen LogP contribution is -2.47. The van der Waals surface area contributed by atoms with Crippen molar-refractivity contribution < 1.29 is 23.0 Å². The van der Waals surface area contributed by atoms with Gasteiger partial charge in [-0.05, 0) is 44.4 Å². The Morgan fingerprint density at radius 2 is 2.00 bits per heavy atom. The maximum absolute atomic E-state index is 12.6. The third kappa shape index (κ3) is 6.53. The summed E-state index contributed by atoms with van der Waals surface area (Å²) in [6.45, 7) is 4.73. The lowest BCUT2D eigenvalue weighted by molar-refractivity contribution is -0.0512. The summed E-state index contributed by atoms with van der Waals surface area (Å²) in [6, 6.07) is 4.95. The number of nitrogens with one attached hydrogen (secondary N) is 1. The van der Waals surface area contributed by atoms with E-state index in [0.29, 0.717) is 12.6 Å². The van der Waals surface area contributed by atoms with E-state index in [1.54, 1.807) is 18.2 Å². The van der Waals surface area contributed by atoms with Crippen molar-refractivity contribution in [1.82, 2.24) is 10.2 Å². The van der Waals surface area contributed by atoms with E-state index >= 15 is 0 Å². The molecule has 0 aromatic heterocycles. The highest BCUT2D eigenvalue weighted by Crippen LogP contribution is 2.29. The Morgan fingerprint density at radius 1 is 1.26 bits per heavy atom. The van der Waals surface area contributed by atoms with E-state index in [1.807, 2.05) is 13.8 Å². The highest BCUT2D eigenvalue weighted by atomic mass is 19.3. The number of benzene rings is 1. The molecular weight excluding hydrogens is 356 g/mol. The van der Waals surface area contributed by atoms with Gasteiger partial charge in [-0.1, -0.05) is 6.07 Å². The van der Waals surface area contributed by atoms with E-state index in [2.05, 4.69) is 19.9 Å². The number of ether oxygens (including phenoxy) is 3. The normalized spacial score (nSPS) is 15.9. The van der Waals surface area contributed by atoms with Crippen molar-refractivity contribution in [1.29, 1.82) is 0 Å². The molecule has 0 spiro atoms. The van der Waals surface area contributed by atoms with Gasteiger partial charge in [0.05, 0.1) is 19.8 Å². The highest BCUT2D eigenvalue weighted by Gasteiger charge is 2.21. The van der Waals surface area contributed by atoms with Crippen molar-refractivity contribution in [3.05, 3.63) is 23.8 Å². The van der Waals surface area contributed by atoms with E-state index in [-0.39, 0.29) is 11.5 Å². The number of alkyl halides is 2. The van der Waals surface area contributed by atoms with Gasteiger partial charge in [-0.25, -0.2) is 4.99 Å². The molecular formula is C19H29F2N3O3. The summed E-state index contributed by atoms with van der Waals surface area (Å²) in [5.41, 5.74) is 0.769. The van der Waals surface area contributed by atoms with Gasteiger partial charge in [0, 0.05) is 26.2 Å². The van der Waals surface area contributed by atoms with Crippen LogP contribution in [0.2, 0.25) is 0 Å². The molecule has 1 fully saturated rings. The fourth-order valence-corrected chi connectivity index (χ4v) is 3.07. The van der Waals surface area contributed by atoms with Gasteiger partial charge in [0.15, 0.2) is 17.5 Å². The van der Waals surface area contributed by atoms with Gasteiger partial charge in [0.1, 0.15) is 0 Å². The van der Waals surface area contributed by atoms with Crippen LogP contribution >= 0.6 is 0 Å². The average Bonchev–Trinajstić information content (AvgIpc) is 2.66. The zero-order valence-corrected chi connectivity index (χ0v) is 16.2. The second-order valence-electron chi connectivity index (χ2n) is 6.18.